The van der Waals surface area contributed by atoms with E-state index in [1.54, 1.807) is 30.3 Å². The number of nitrogens with zero attached hydrogens (tertiary/aromatic N) is 1. The molecule has 6 nitrogen and oxygen atoms in total. The molecule has 1 heterocycles. The summed E-state index contributed by atoms with van der Waals surface area (Å²) in [4.78, 5) is 37.9. The predicted molar refractivity (Wildman–Crippen MR) is 103 cm³/mol. The standard InChI is InChI=1S/C21H20N2O4/c1-14-7-9-16(10-8-14)11-12-20(25)27-15(2)21(26)23-13-19(24)22-17-5-3-4-6-18(17)23/h3-12,15H,13H2,1-2H3,(H,22,24)/b12-11+/t15-/m0/s1. The van der Waals surface area contributed by atoms with Gasteiger partial charge in [0.05, 0.1) is 11.4 Å². The van der Waals surface area contributed by atoms with Crippen LogP contribution in [0.2, 0.25) is 0 Å². The van der Waals surface area contributed by atoms with Crippen molar-refractivity contribution in [3.63, 3.8) is 0 Å². The molecule has 27 heavy (non-hydrogen) atoms. The Bertz CT molecular complexity index is 903. The molecule has 0 saturated carbocycles. The molecule has 0 radical (unpaired) electrons. The summed E-state index contributed by atoms with van der Waals surface area (Å²) in [5, 5.41) is 2.72. The quantitative estimate of drug-likeness (QED) is 0.669. The molecule has 2 amide bonds. The number of hydrogen-bond donors (Lipinski definition) is 1. The van der Waals surface area contributed by atoms with Crippen LogP contribution in [0.4, 0.5) is 11.4 Å². The fourth-order valence-corrected chi connectivity index (χ4v) is 2.76. The highest BCUT2D eigenvalue weighted by Crippen LogP contribution is 2.29. The van der Waals surface area contributed by atoms with Crippen LogP contribution < -0.4 is 10.2 Å². The summed E-state index contributed by atoms with van der Waals surface area (Å²) in [7, 11) is 0. The fourth-order valence-electron chi connectivity index (χ4n) is 2.76. The van der Waals surface area contributed by atoms with Crippen molar-refractivity contribution in [1.29, 1.82) is 0 Å². The number of hydrogen-bond acceptors (Lipinski definition) is 4. The lowest BCUT2D eigenvalue weighted by molar-refractivity contribution is -0.149. The number of nitrogens with one attached hydrogen (secondary N) is 1. The Morgan fingerprint density at radius 1 is 1.15 bits per heavy atom. The predicted octanol–water partition coefficient (Wildman–Crippen LogP) is 2.93. The Kier molecular flexibility index (Phi) is 5.35. The molecule has 2 aromatic carbocycles. The summed E-state index contributed by atoms with van der Waals surface area (Å²) in [6.07, 6.45) is 1.90. The number of fused-ring (bicyclic) bond motifs is 1. The van der Waals surface area contributed by atoms with E-state index in [-0.39, 0.29) is 12.5 Å². The topological polar surface area (TPSA) is 75.7 Å². The molecule has 2 aromatic rings. The molecule has 0 saturated heterocycles. The van der Waals surface area contributed by atoms with E-state index in [9.17, 15) is 14.4 Å². The SMILES string of the molecule is Cc1ccc(/C=C/C(=O)O[C@@H](C)C(=O)N2CC(=O)Nc3ccccc32)cc1. The summed E-state index contributed by atoms with van der Waals surface area (Å²) in [6.45, 7) is 3.36. The average Bonchev–Trinajstić information content (AvgIpc) is 2.66. The molecule has 0 spiro atoms. The van der Waals surface area contributed by atoms with Crippen LogP contribution in [0.15, 0.2) is 54.6 Å². The Hall–Kier alpha value is -3.41. The van der Waals surface area contributed by atoms with Gasteiger partial charge in [0.1, 0.15) is 6.54 Å². The first kappa shape index (κ1) is 18.4. The molecule has 3 rings (SSSR count). The zero-order chi connectivity index (χ0) is 19.4. The Labute approximate surface area is 157 Å². The van der Waals surface area contributed by atoms with Crippen molar-refractivity contribution < 1.29 is 19.1 Å². The Morgan fingerprint density at radius 2 is 1.85 bits per heavy atom. The van der Waals surface area contributed by atoms with E-state index in [0.29, 0.717) is 11.4 Å². The first-order valence-electron chi connectivity index (χ1n) is 8.59. The van der Waals surface area contributed by atoms with Gasteiger partial charge in [-0.05, 0) is 37.6 Å². The third kappa shape index (κ3) is 4.41. The molecule has 1 aliphatic rings. The molecule has 6 heteroatoms. The molecular formula is C21H20N2O4. The average molecular weight is 364 g/mol. The molecule has 0 fully saturated rings. The van der Waals surface area contributed by atoms with Crippen LogP contribution in [0.1, 0.15) is 18.1 Å². The Balaban J connectivity index is 1.66. The van der Waals surface area contributed by atoms with E-state index in [2.05, 4.69) is 5.32 Å². The third-order valence-corrected chi connectivity index (χ3v) is 4.17. The van der Waals surface area contributed by atoms with Crippen molar-refractivity contribution >= 4 is 35.2 Å². The van der Waals surface area contributed by atoms with Gasteiger partial charge < -0.3 is 10.1 Å². The van der Waals surface area contributed by atoms with E-state index < -0.39 is 18.0 Å². The first-order chi connectivity index (χ1) is 12.9. The van der Waals surface area contributed by atoms with E-state index in [4.69, 9.17) is 4.74 Å². The van der Waals surface area contributed by atoms with Crippen molar-refractivity contribution in [2.75, 3.05) is 16.8 Å². The number of para-hydroxylation sites is 2. The molecule has 0 bridgehead atoms. The van der Waals surface area contributed by atoms with Crippen LogP contribution in [-0.2, 0) is 19.1 Å². The summed E-state index contributed by atoms with van der Waals surface area (Å²) in [6, 6.07) is 14.6. The minimum absolute atomic E-state index is 0.114. The summed E-state index contributed by atoms with van der Waals surface area (Å²) in [5.41, 5.74) is 3.12. The molecule has 1 N–H and O–H groups in total. The fraction of sp³-hybridized carbons (Fsp3) is 0.190. The molecule has 0 aromatic heterocycles. The van der Waals surface area contributed by atoms with Gasteiger partial charge in [0.25, 0.3) is 5.91 Å². The van der Waals surface area contributed by atoms with Crippen molar-refractivity contribution in [3.8, 4) is 0 Å². The molecule has 0 unspecified atom stereocenters. The highest BCUT2D eigenvalue weighted by Gasteiger charge is 2.30. The summed E-state index contributed by atoms with van der Waals surface area (Å²) < 4.78 is 5.21. The van der Waals surface area contributed by atoms with Crippen LogP contribution in [0, 0.1) is 6.92 Å². The lowest BCUT2D eigenvalue weighted by Gasteiger charge is -2.30. The van der Waals surface area contributed by atoms with Gasteiger partial charge in [0.15, 0.2) is 6.10 Å². The van der Waals surface area contributed by atoms with Gasteiger partial charge in [-0.2, -0.15) is 0 Å². The second-order valence-electron chi connectivity index (χ2n) is 6.31. The van der Waals surface area contributed by atoms with Crippen molar-refractivity contribution in [1.82, 2.24) is 0 Å². The number of amides is 2. The van der Waals surface area contributed by atoms with Gasteiger partial charge in [-0.15, -0.1) is 0 Å². The minimum Gasteiger partial charge on any atom is -0.449 e. The molecule has 1 aliphatic heterocycles. The van der Waals surface area contributed by atoms with Crippen LogP contribution in [0.5, 0.6) is 0 Å². The third-order valence-electron chi connectivity index (χ3n) is 4.17. The normalized spacial score (nSPS) is 14.4. The van der Waals surface area contributed by atoms with E-state index in [0.717, 1.165) is 11.1 Å². The number of ether oxygens (including phenoxy) is 1. The number of esters is 1. The van der Waals surface area contributed by atoms with Gasteiger partial charge in [-0.3, -0.25) is 14.5 Å². The van der Waals surface area contributed by atoms with Crippen molar-refractivity contribution in [2.45, 2.75) is 20.0 Å². The van der Waals surface area contributed by atoms with Gasteiger partial charge in [-0.25, -0.2) is 4.79 Å². The Morgan fingerprint density at radius 3 is 2.59 bits per heavy atom. The number of anilines is 2. The summed E-state index contributed by atoms with van der Waals surface area (Å²) >= 11 is 0. The van der Waals surface area contributed by atoms with E-state index >= 15 is 0 Å². The zero-order valence-electron chi connectivity index (χ0n) is 15.1. The number of carbonyl (C=O) groups excluding carboxylic acids is 3. The van der Waals surface area contributed by atoms with E-state index in [1.807, 2.05) is 31.2 Å². The smallest absolute Gasteiger partial charge is 0.331 e. The highest BCUT2D eigenvalue weighted by molar-refractivity contribution is 6.11. The highest BCUT2D eigenvalue weighted by atomic mass is 16.5. The first-order valence-corrected chi connectivity index (χ1v) is 8.59. The van der Waals surface area contributed by atoms with Crippen LogP contribution in [0.3, 0.4) is 0 Å². The zero-order valence-corrected chi connectivity index (χ0v) is 15.1. The molecule has 138 valence electrons. The molecular weight excluding hydrogens is 344 g/mol. The number of carbonyl (C=O) groups is 3. The van der Waals surface area contributed by atoms with Gasteiger partial charge in [-0.1, -0.05) is 42.0 Å². The van der Waals surface area contributed by atoms with Gasteiger partial charge in [0, 0.05) is 6.08 Å². The van der Waals surface area contributed by atoms with Gasteiger partial charge >= 0.3 is 5.97 Å². The van der Waals surface area contributed by atoms with Crippen molar-refractivity contribution in [3.05, 3.63) is 65.7 Å². The van der Waals surface area contributed by atoms with Gasteiger partial charge in [0.2, 0.25) is 5.91 Å². The maximum absolute atomic E-state index is 12.7. The monoisotopic (exact) mass is 364 g/mol. The second-order valence-corrected chi connectivity index (χ2v) is 6.31. The molecule has 1 atom stereocenters. The number of rotatable bonds is 4. The minimum atomic E-state index is -1.01. The number of benzene rings is 2. The maximum atomic E-state index is 12.7. The summed E-state index contributed by atoms with van der Waals surface area (Å²) in [5.74, 6) is -1.36. The van der Waals surface area contributed by atoms with E-state index in [1.165, 1.54) is 17.9 Å². The van der Waals surface area contributed by atoms with Crippen LogP contribution >= 0.6 is 0 Å². The lowest BCUT2D eigenvalue weighted by Crippen LogP contribution is -2.46. The van der Waals surface area contributed by atoms with Crippen LogP contribution in [0.25, 0.3) is 6.08 Å². The van der Waals surface area contributed by atoms with Crippen molar-refractivity contribution in [2.24, 2.45) is 0 Å². The molecule has 0 aliphatic carbocycles. The second kappa shape index (κ2) is 7.86. The maximum Gasteiger partial charge on any atom is 0.331 e. The number of aryl methyl sites for hydroxylation is 1. The lowest BCUT2D eigenvalue weighted by atomic mass is 10.1. The van der Waals surface area contributed by atoms with Crippen LogP contribution in [-0.4, -0.2) is 30.4 Å². The largest absolute Gasteiger partial charge is 0.449 e.